The Morgan fingerprint density at radius 3 is 2.36 bits per heavy atom. The molecule has 3 fully saturated rings. The van der Waals surface area contributed by atoms with Gasteiger partial charge in [-0.15, -0.1) is 0 Å². The van der Waals surface area contributed by atoms with Crippen molar-refractivity contribution in [2.75, 3.05) is 0 Å². The van der Waals surface area contributed by atoms with Gasteiger partial charge >= 0.3 is 5.92 Å². The molecule has 5 nitrogen and oxygen atoms in total. The number of nitriles is 1. The third-order valence-corrected chi connectivity index (χ3v) is 12.5. The molecule has 0 aromatic carbocycles. The van der Waals surface area contributed by atoms with Gasteiger partial charge in [0.2, 0.25) is 0 Å². The Hall–Kier alpha value is -2.07. The largest absolute Gasteiger partial charge is 0.387 e. The molecule has 5 aliphatic carbocycles. The summed E-state index contributed by atoms with van der Waals surface area (Å²) in [7, 11) is 0. The maximum absolute atomic E-state index is 14.4. The van der Waals surface area contributed by atoms with E-state index in [-0.39, 0.29) is 34.4 Å². The van der Waals surface area contributed by atoms with Crippen molar-refractivity contribution >= 4 is 11.7 Å². The highest BCUT2D eigenvalue weighted by molar-refractivity contribution is 5.96. The van der Waals surface area contributed by atoms with Gasteiger partial charge in [-0.25, -0.2) is 0 Å². The van der Waals surface area contributed by atoms with Crippen LogP contribution in [0.15, 0.2) is 23.3 Å². The zero-order chi connectivity index (χ0) is 29.0. The lowest BCUT2D eigenvalue weighted by molar-refractivity contribution is -0.168. The zero-order valence-electron chi connectivity index (χ0n) is 24.5. The van der Waals surface area contributed by atoms with Gasteiger partial charge < -0.3 is 10.4 Å². The molecule has 0 saturated heterocycles. The number of nitrogens with zero attached hydrogens (tertiary/aromatic N) is 1. The Morgan fingerprint density at radius 2 is 1.74 bits per heavy atom. The molecule has 0 radical (unpaired) electrons. The summed E-state index contributed by atoms with van der Waals surface area (Å²) in [6.07, 6.45) is 7.95. The SMILES string of the molecule is C[C@@H]1C(O)C(C#N)=C[C@]2(C)C3=CC(=O)[C@H]4C5CC(C)(C)CC[C@]5(NC(=O)C(C)(F)F)CC[C@@]4(C)[C@]3(C)CC[C@@H]12. The number of alkyl halides is 2. The number of fused-ring (bicyclic) bond motifs is 7. The van der Waals surface area contributed by atoms with Crippen molar-refractivity contribution in [3.63, 3.8) is 0 Å². The predicted octanol–water partition coefficient (Wildman–Crippen LogP) is 6.13. The third kappa shape index (κ3) is 3.83. The second-order valence-corrected chi connectivity index (χ2v) is 15.1. The number of amides is 1. The van der Waals surface area contributed by atoms with Gasteiger partial charge in [0.15, 0.2) is 5.78 Å². The highest BCUT2D eigenvalue weighted by Gasteiger charge is 2.69. The fraction of sp³-hybridized carbons (Fsp3) is 0.781. The normalized spacial score (nSPS) is 46.8. The van der Waals surface area contributed by atoms with E-state index >= 15 is 0 Å². The summed E-state index contributed by atoms with van der Waals surface area (Å²) >= 11 is 0. The van der Waals surface area contributed by atoms with Crippen molar-refractivity contribution in [3.05, 3.63) is 23.3 Å². The lowest BCUT2D eigenvalue weighted by Gasteiger charge is -2.69. The van der Waals surface area contributed by atoms with Crippen LogP contribution in [0, 0.1) is 56.7 Å². The van der Waals surface area contributed by atoms with E-state index in [1.165, 1.54) is 0 Å². The van der Waals surface area contributed by atoms with E-state index in [0.717, 1.165) is 24.8 Å². The number of aliphatic hydroxyl groups is 1. The first-order chi connectivity index (χ1) is 17.9. The molecule has 2 unspecified atom stereocenters. The molecule has 39 heavy (non-hydrogen) atoms. The van der Waals surface area contributed by atoms with Crippen LogP contribution >= 0.6 is 0 Å². The number of aliphatic hydroxyl groups excluding tert-OH is 1. The summed E-state index contributed by atoms with van der Waals surface area (Å²) in [5.74, 6) is -5.35. The second-order valence-electron chi connectivity index (χ2n) is 15.1. The first-order valence-electron chi connectivity index (χ1n) is 14.6. The number of nitrogens with one attached hydrogen (secondary N) is 1. The molecule has 9 atom stereocenters. The average Bonchev–Trinajstić information content (AvgIpc) is 2.83. The molecule has 0 aliphatic heterocycles. The van der Waals surface area contributed by atoms with Crippen LogP contribution < -0.4 is 5.32 Å². The van der Waals surface area contributed by atoms with Crippen LogP contribution in [0.2, 0.25) is 0 Å². The quantitative estimate of drug-likeness (QED) is 0.439. The summed E-state index contributed by atoms with van der Waals surface area (Å²) < 4.78 is 28.3. The molecule has 0 aromatic heterocycles. The fourth-order valence-electron chi connectivity index (χ4n) is 9.97. The summed E-state index contributed by atoms with van der Waals surface area (Å²) in [6, 6.07) is 2.21. The van der Waals surface area contributed by atoms with Crippen molar-refractivity contribution in [1.29, 1.82) is 5.26 Å². The number of halogens is 2. The van der Waals surface area contributed by atoms with Crippen molar-refractivity contribution in [1.82, 2.24) is 5.32 Å². The maximum atomic E-state index is 14.4. The lowest BCUT2D eigenvalue weighted by atomic mass is 9.35. The van der Waals surface area contributed by atoms with Gasteiger partial charge in [0.1, 0.15) is 0 Å². The minimum Gasteiger partial charge on any atom is -0.387 e. The van der Waals surface area contributed by atoms with Crippen LogP contribution in [0.5, 0.6) is 0 Å². The molecule has 3 saturated carbocycles. The molecule has 2 N–H and O–H groups in total. The summed E-state index contributed by atoms with van der Waals surface area (Å²) in [5.41, 5.74) is -0.782. The van der Waals surface area contributed by atoms with Crippen LogP contribution in [0.3, 0.4) is 0 Å². The predicted molar refractivity (Wildman–Crippen MR) is 144 cm³/mol. The zero-order valence-corrected chi connectivity index (χ0v) is 24.5. The highest BCUT2D eigenvalue weighted by Crippen LogP contribution is 2.72. The minimum atomic E-state index is -3.48. The maximum Gasteiger partial charge on any atom is 0.321 e. The van der Waals surface area contributed by atoms with Gasteiger partial charge in [0.25, 0.3) is 5.91 Å². The molecule has 0 heterocycles. The average molecular weight is 543 g/mol. The highest BCUT2D eigenvalue weighted by atomic mass is 19.3. The van der Waals surface area contributed by atoms with Crippen molar-refractivity contribution in [2.45, 2.75) is 111 Å². The van der Waals surface area contributed by atoms with Gasteiger partial charge in [-0.05, 0) is 85.0 Å². The number of rotatable bonds is 2. The van der Waals surface area contributed by atoms with Crippen molar-refractivity contribution < 1.29 is 23.5 Å². The van der Waals surface area contributed by atoms with Crippen LogP contribution in [0.4, 0.5) is 8.78 Å². The smallest absolute Gasteiger partial charge is 0.321 e. The molecule has 0 spiro atoms. The summed E-state index contributed by atoms with van der Waals surface area (Å²) in [5, 5.41) is 23.4. The van der Waals surface area contributed by atoms with Crippen molar-refractivity contribution in [2.24, 2.45) is 45.3 Å². The molecule has 5 aliphatic rings. The van der Waals surface area contributed by atoms with E-state index < -0.39 is 40.2 Å². The molecule has 0 aromatic rings. The van der Waals surface area contributed by atoms with Gasteiger partial charge in [0.05, 0.1) is 17.7 Å². The Bertz CT molecular complexity index is 1210. The Labute approximate surface area is 231 Å². The molecule has 1 amide bonds. The molecule has 5 rings (SSSR count). The Morgan fingerprint density at radius 1 is 1.10 bits per heavy atom. The fourth-order valence-corrected chi connectivity index (χ4v) is 9.97. The number of carbonyl (C=O) groups is 2. The second kappa shape index (κ2) is 8.47. The van der Waals surface area contributed by atoms with E-state index in [0.29, 0.717) is 38.2 Å². The number of hydrogen-bond donors (Lipinski definition) is 2. The topological polar surface area (TPSA) is 90.2 Å². The van der Waals surface area contributed by atoms with Crippen LogP contribution in [-0.2, 0) is 9.59 Å². The number of allylic oxidation sites excluding steroid dienone is 3. The first-order valence-corrected chi connectivity index (χ1v) is 14.6. The number of ketones is 1. The molecular formula is C32H44F2N2O3. The summed E-state index contributed by atoms with van der Waals surface area (Å²) in [4.78, 5) is 27.0. The van der Waals surface area contributed by atoms with Crippen LogP contribution in [-0.4, -0.2) is 34.4 Å². The van der Waals surface area contributed by atoms with Gasteiger partial charge in [0, 0.05) is 23.8 Å². The van der Waals surface area contributed by atoms with E-state index in [1.54, 1.807) is 0 Å². The minimum absolute atomic E-state index is 0.0156. The molecule has 0 bridgehead atoms. The van der Waals surface area contributed by atoms with E-state index in [4.69, 9.17) is 0 Å². The van der Waals surface area contributed by atoms with Crippen molar-refractivity contribution in [3.8, 4) is 6.07 Å². The molecule has 214 valence electrons. The standard InChI is InChI=1S/C32H44F2N2O3/c1-18-20-8-9-29(5)23(28(20,4)15-19(17-35)25(18)38)14-22(37)24-21-16-27(2,3)10-12-32(21,13-11-30(24,29)6)36-26(39)31(7,33)34/h14-15,18,20-21,24-25,38H,8-13,16H2,1-7H3,(H,36,39)/t18-,20-,21?,24+,25?,28-,29+,30+,32-/m0/s1. The van der Waals surface area contributed by atoms with Crippen LogP contribution in [0.1, 0.15) is 93.4 Å². The van der Waals surface area contributed by atoms with Gasteiger partial charge in [-0.1, -0.05) is 53.2 Å². The van der Waals surface area contributed by atoms with Crippen LogP contribution in [0.25, 0.3) is 0 Å². The third-order valence-electron chi connectivity index (χ3n) is 12.5. The Balaban J connectivity index is 1.65. The number of carbonyl (C=O) groups excluding carboxylic acids is 2. The van der Waals surface area contributed by atoms with Gasteiger partial charge in [-0.3, -0.25) is 9.59 Å². The number of hydrogen-bond acceptors (Lipinski definition) is 4. The van der Waals surface area contributed by atoms with E-state index in [1.807, 2.05) is 19.1 Å². The molecular weight excluding hydrogens is 498 g/mol. The summed E-state index contributed by atoms with van der Waals surface area (Å²) in [6.45, 7) is 13.6. The first kappa shape index (κ1) is 28.5. The van der Waals surface area contributed by atoms with Gasteiger partial charge in [-0.2, -0.15) is 14.0 Å². The lowest BCUT2D eigenvalue weighted by Crippen LogP contribution is -2.70. The van der Waals surface area contributed by atoms with E-state index in [2.05, 4.69) is 46.0 Å². The molecule has 7 heteroatoms. The van der Waals surface area contributed by atoms with E-state index in [9.17, 15) is 28.7 Å². The monoisotopic (exact) mass is 542 g/mol. The Kier molecular flexibility index (Phi) is 6.18.